The van der Waals surface area contributed by atoms with Crippen LogP contribution in [0, 0.1) is 0 Å². The fourth-order valence-electron chi connectivity index (χ4n) is 2.01. The zero-order valence-corrected chi connectivity index (χ0v) is 11.6. The Labute approximate surface area is 114 Å². The third-order valence-electron chi connectivity index (χ3n) is 3.03. The number of nitrogens with one attached hydrogen (secondary N) is 1. The lowest BCUT2D eigenvalue weighted by Crippen LogP contribution is -2.39. The zero-order chi connectivity index (χ0) is 13.1. The molecule has 1 aliphatic carbocycles. The smallest absolute Gasteiger partial charge is 0.318 e. The Bertz CT molecular complexity index is 419. The van der Waals surface area contributed by atoms with Gasteiger partial charge in [0.1, 0.15) is 5.82 Å². The number of aliphatic hydroxyl groups excluding tert-OH is 2. The van der Waals surface area contributed by atoms with Gasteiger partial charge < -0.3 is 20.3 Å². The van der Waals surface area contributed by atoms with Gasteiger partial charge in [0.15, 0.2) is 0 Å². The lowest BCUT2D eigenvalue weighted by Gasteiger charge is -2.31. The SMILES string of the molecule is COc1ncc(Br)c(NC2CC[C@@H](O)[C@@H](O)C2)n1. The van der Waals surface area contributed by atoms with Gasteiger partial charge in [0, 0.05) is 6.04 Å². The van der Waals surface area contributed by atoms with Crippen molar-refractivity contribution in [3.05, 3.63) is 10.7 Å². The standard InChI is InChI=1S/C11H16BrN3O3/c1-18-11-13-5-7(12)10(15-11)14-6-2-3-8(16)9(17)4-6/h5-6,8-9,16-17H,2-4H2,1H3,(H,13,14,15)/t6?,8-,9+/m1/s1. The van der Waals surface area contributed by atoms with Crippen molar-refractivity contribution in [3.63, 3.8) is 0 Å². The lowest BCUT2D eigenvalue weighted by molar-refractivity contribution is -0.0120. The molecule has 0 aromatic carbocycles. The minimum atomic E-state index is -0.682. The average Bonchev–Trinajstić information content (AvgIpc) is 2.36. The highest BCUT2D eigenvalue weighted by molar-refractivity contribution is 9.10. The van der Waals surface area contributed by atoms with E-state index in [0.717, 1.165) is 10.9 Å². The maximum absolute atomic E-state index is 9.64. The molecule has 6 nitrogen and oxygen atoms in total. The molecule has 7 heteroatoms. The Hall–Kier alpha value is -0.920. The van der Waals surface area contributed by atoms with Crippen molar-refractivity contribution in [2.45, 2.75) is 37.5 Å². The van der Waals surface area contributed by atoms with Crippen molar-refractivity contribution in [1.29, 1.82) is 0 Å². The predicted octanol–water partition coefficient (Wildman–Crippen LogP) is 0.934. The first-order valence-corrected chi connectivity index (χ1v) is 6.58. The van der Waals surface area contributed by atoms with Crippen LogP contribution in [0.5, 0.6) is 6.01 Å². The molecule has 3 N–H and O–H groups in total. The second-order valence-corrected chi connectivity index (χ2v) is 5.20. The second-order valence-electron chi connectivity index (χ2n) is 4.34. The molecule has 1 unspecified atom stereocenters. The molecule has 0 radical (unpaired) electrons. The van der Waals surface area contributed by atoms with E-state index < -0.39 is 12.2 Å². The van der Waals surface area contributed by atoms with E-state index in [1.807, 2.05) is 0 Å². The quantitative estimate of drug-likeness (QED) is 0.769. The topological polar surface area (TPSA) is 87.5 Å². The van der Waals surface area contributed by atoms with E-state index in [2.05, 4.69) is 31.2 Å². The molecule has 1 heterocycles. The summed E-state index contributed by atoms with van der Waals surface area (Å²) in [5, 5.41) is 22.3. The number of nitrogens with zero attached hydrogens (tertiary/aromatic N) is 2. The van der Waals surface area contributed by atoms with E-state index in [9.17, 15) is 10.2 Å². The van der Waals surface area contributed by atoms with Crippen LogP contribution in [0.2, 0.25) is 0 Å². The summed E-state index contributed by atoms with van der Waals surface area (Å²) >= 11 is 3.36. The Morgan fingerprint density at radius 2 is 2.17 bits per heavy atom. The number of anilines is 1. The first-order valence-electron chi connectivity index (χ1n) is 5.79. The van der Waals surface area contributed by atoms with Crippen molar-refractivity contribution in [1.82, 2.24) is 9.97 Å². The van der Waals surface area contributed by atoms with Gasteiger partial charge in [-0.25, -0.2) is 4.98 Å². The summed E-state index contributed by atoms with van der Waals surface area (Å²) < 4.78 is 5.70. The summed E-state index contributed by atoms with van der Waals surface area (Å²) in [5.74, 6) is 0.635. The van der Waals surface area contributed by atoms with Crippen molar-refractivity contribution >= 4 is 21.7 Å². The molecule has 100 valence electrons. The van der Waals surface area contributed by atoms with E-state index in [1.165, 1.54) is 7.11 Å². The highest BCUT2D eigenvalue weighted by Gasteiger charge is 2.28. The van der Waals surface area contributed by atoms with E-state index in [1.54, 1.807) is 6.20 Å². The van der Waals surface area contributed by atoms with Crippen LogP contribution in [0.4, 0.5) is 5.82 Å². The molecule has 1 aliphatic rings. The number of aliphatic hydroxyl groups is 2. The van der Waals surface area contributed by atoms with Crippen LogP contribution in [0.1, 0.15) is 19.3 Å². The third-order valence-corrected chi connectivity index (χ3v) is 3.61. The molecule has 1 saturated carbocycles. The highest BCUT2D eigenvalue weighted by Crippen LogP contribution is 2.26. The van der Waals surface area contributed by atoms with Crippen molar-refractivity contribution in [2.75, 3.05) is 12.4 Å². The molecule has 3 atom stereocenters. The molecule has 1 fully saturated rings. The van der Waals surface area contributed by atoms with E-state index in [-0.39, 0.29) is 12.1 Å². The molecule has 1 aromatic heterocycles. The summed E-state index contributed by atoms with van der Waals surface area (Å²) in [6, 6.07) is 0.372. The van der Waals surface area contributed by atoms with Crippen LogP contribution in [-0.4, -0.2) is 45.5 Å². The molecular formula is C11H16BrN3O3. The number of ether oxygens (including phenoxy) is 1. The largest absolute Gasteiger partial charge is 0.467 e. The van der Waals surface area contributed by atoms with Gasteiger partial charge in [-0.1, -0.05) is 0 Å². The molecular weight excluding hydrogens is 302 g/mol. The van der Waals surface area contributed by atoms with Gasteiger partial charge in [0.25, 0.3) is 0 Å². The summed E-state index contributed by atoms with van der Waals surface area (Å²) in [4.78, 5) is 8.16. The molecule has 0 amide bonds. The molecule has 0 aliphatic heterocycles. The van der Waals surface area contributed by atoms with Gasteiger partial charge in [-0.2, -0.15) is 4.98 Å². The van der Waals surface area contributed by atoms with Gasteiger partial charge in [-0.15, -0.1) is 0 Å². The average molecular weight is 318 g/mol. The Morgan fingerprint density at radius 3 is 2.83 bits per heavy atom. The van der Waals surface area contributed by atoms with Gasteiger partial charge in [0.05, 0.1) is 30.0 Å². The van der Waals surface area contributed by atoms with Gasteiger partial charge in [-0.3, -0.25) is 0 Å². The van der Waals surface area contributed by atoms with Crippen molar-refractivity contribution in [3.8, 4) is 6.01 Å². The molecule has 0 spiro atoms. The molecule has 0 bridgehead atoms. The molecule has 2 rings (SSSR count). The Kier molecular flexibility index (Phi) is 4.36. The van der Waals surface area contributed by atoms with Crippen LogP contribution in [0.25, 0.3) is 0 Å². The lowest BCUT2D eigenvalue weighted by atomic mass is 9.90. The third kappa shape index (κ3) is 3.09. The summed E-state index contributed by atoms with van der Waals surface area (Å²) in [6.45, 7) is 0. The normalized spacial score (nSPS) is 27.9. The number of aromatic nitrogens is 2. The number of hydrogen-bond acceptors (Lipinski definition) is 6. The summed E-state index contributed by atoms with van der Waals surface area (Å²) in [7, 11) is 1.51. The van der Waals surface area contributed by atoms with Crippen LogP contribution in [0.3, 0.4) is 0 Å². The first kappa shape index (κ1) is 13.5. The monoisotopic (exact) mass is 317 g/mol. The van der Waals surface area contributed by atoms with Crippen LogP contribution in [-0.2, 0) is 0 Å². The number of rotatable bonds is 3. The molecule has 18 heavy (non-hydrogen) atoms. The number of hydrogen-bond donors (Lipinski definition) is 3. The fraction of sp³-hybridized carbons (Fsp3) is 0.636. The Morgan fingerprint density at radius 1 is 1.39 bits per heavy atom. The summed E-state index contributed by atoms with van der Waals surface area (Å²) in [6.07, 6.45) is 2.18. The first-order chi connectivity index (χ1) is 8.60. The number of halogens is 1. The van der Waals surface area contributed by atoms with E-state index >= 15 is 0 Å². The van der Waals surface area contributed by atoms with Gasteiger partial charge in [-0.05, 0) is 35.2 Å². The second kappa shape index (κ2) is 5.81. The number of methoxy groups -OCH3 is 1. The Balaban J connectivity index is 2.05. The highest BCUT2D eigenvalue weighted by atomic mass is 79.9. The summed E-state index contributed by atoms with van der Waals surface area (Å²) in [5.41, 5.74) is 0. The molecule has 0 saturated heterocycles. The van der Waals surface area contributed by atoms with Crippen LogP contribution >= 0.6 is 15.9 Å². The van der Waals surface area contributed by atoms with Crippen molar-refractivity contribution < 1.29 is 14.9 Å². The zero-order valence-electron chi connectivity index (χ0n) is 10.0. The molecule has 1 aromatic rings. The van der Waals surface area contributed by atoms with Crippen LogP contribution in [0.15, 0.2) is 10.7 Å². The van der Waals surface area contributed by atoms with Crippen LogP contribution < -0.4 is 10.1 Å². The fourth-order valence-corrected chi connectivity index (χ4v) is 2.31. The van der Waals surface area contributed by atoms with E-state index in [4.69, 9.17) is 4.74 Å². The van der Waals surface area contributed by atoms with Gasteiger partial charge in [0.2, 0.25) is 0 Å². The minimum absolute atomic E-state index is 0.0827. The van der Waals surface area contributed by atoms with Gasteiger partial charge >= 0.3 is 6.01 Å². The maximum Gasteiger partial charge on any atom is 0.318 e. The minimum Gasteiger partial charge on any atom is -0.467 e. The maximum atomic E-state index is 9.64. The van der Waals surface area contributed by atoms with E-state index in [0.29, 0.717) is 18.7 Å². The van der Waals surface area contributed by atoms with Crippen molar-refractivity contribution in [2.24, 2.45) is 0 Å². The predicted molar refractivity (Wildman–Crippen MR) is 69.6 cm³/mol.